The van der Waals surface area contributed by atoms with Gasteiger partial charge in [-0.3, -0.25) is 9.59 Å². The third-order valence-electron chi connectivity index (χ3n) is 5.31. The number of ether oxygens (including phenoxy) is 2. The highest BCUT2D eigenvalue weighted by Gasteiger charge is 2.46. The molecular weight excluding hydrogens is 420 g/mol. The molecule has 1 unspecified atom stereocenters. The zero-order valence-corrected chi connectivity index (χ0v) is 19.3. The summed E-state index contributed by atoms with van der Waals surface area (Å²) in [6.45, 7) is 7.30. The predicted molar refractivity (Wildman–Crippen MR) is 127 cm³/mol. The quantitative estimate of drug-likeness (QED) is 0.258. The molecule has 1 aliphatic heterocycles. The van der Waals surface area contributed by atoms with Gasteiger partial charge in [-0.1, -0.05) is 24.8 Å². The van der Waals surface area contributed by atoms with Gasteiger partial charge in [0.25, 0.3) is 11.7 Å². The highest BCUT2D eigenvalue weighted by Crippen LogP contribution is 2.40. The highest BCUT2D eigenvalue weighted by atomic mass is 16.5. The molecular formula is C26H30N2O5. The van der Waals surface area contributed by atoms with Gasteiger partial charge in [0, 0.05) is 18.7 Å². The Morgan fingerprint density at radius 1 is 1.12 bits per heavy atom. The Hall–Kier alpha value is -3.58. The number of Topliss-reactive ketones (excluding diaryl/α,β-unsaturated/α-hetero) is 1. The molecule has 0 radical (unpaired) electrons. The van der Waals surface area contributed by atoms with Gasteiger partial charge in [-0.2, -0.15) is 0 Å². The number of aliphatic hydroxyl groups excluding tert-OH is 1. The monoisotopic (exact) mass is 450 g/mol. The fourth-order valence-corrected chi connectivity index (χ4v) is 3.73. The van der Waals surface area contributed by atoms with Gasteiger partial charge < -0.3 is 24.4 Å². The average Bonchev–Trinajstić information content (AvgIpc) is 3.06. The number of amides is 1. The van der Waals surface area contributed by atoms with E-state index < -0.39 is 17.7 Å². The van der Waals surface area contributed by atoms with Crippen LogP contribution in [-0.4, -0.2) is 67.0 Å². The fraction of sp³-hybridized carbons (Fsp3) is 0.308. The first-order valence-corrected chi connectivity index (χ1v) is 10.9. The van der Waals surface area contributed by atoms with Crippen molar-refractivity contribution >= 4 is 17.4 Å². The summed E-state index contributed by atoms with van der Waals surface area (Å²) in [5, 5.41) is 11.2. The van der Waals surface area contributed by atoms with Crippen LogP contribution in [-0.2, 0) is 9.59 Å². The molecule has 0 aromatic heterocycles. The van der Waals surface area contributed by atoms with Gasteiger partial charge in [0.2, 0.25) is 0 Å². The molecule has 7 heteroatoms. The Balaban J connectivity index is 2.09. The van der Waals surface area contributed by atoms with E-state index in [0.29, 0.717) is 48.9 Å². The lowest BCUT2D eigenvalue weighted by atomic mass is 9.95. The lowest BCUT2D eigenvalue weighted by Crippen LogP contribution is -2.35. The maximum Gasteiger partial charge on any atom is 0.295 e. The summed E-state index contributed by atoms with van der Waals surface area (Å²) in [6, 6.07) is 13.3. The number of carbonyl (C=O) groups excluding carboxylic acids is 2. The van der Waals surface area contributed by atoms with E-state index in [-0.39, 0.29) is 11.3 Å². The summed E-state index contributed by atoms with van der Waals surface area (Å²) in [5.74, 6) is -0.309. The summed E-state index contributed by atoms with van der Waals surface area (Å²) in [4.78, 5) is 29.5. The van der Waals surface area contributed by atoms with Gasteiger partial charge in [0.1, 0.15) is 23.9 Å². The minimum Gasteiger partial charge on any atom is -0.507 e. The minimum atomic E-state index is -0.733. The van der Waals surface area contributed by atoms with Crippen molar-refractivity contribution in [2.75, 3.05) is 40.4 Å². The van der Waals surface area contributed by atoms with Gasteiger partial charge in [0.05, 0.1) is 18.2 Å². The zero-order valence-electron chi connectivity index (χ0n) is 19.3. The van der Waals surface area contributed by atoms with Crippen LogP contribution < -0.4 is 9.47 Å². The Labute approximate surface area is 194 Å². The normalized spacial score (nSPS) is 17.5. The summed E-state index contributed by atoms with van der Waals surface area (Å²) >= 11 is 0. The summed E-state index contributed by atoms with van der Waals surface area (Å²) in [6.07, 6.45) is 1.64. The number of aliphatic hydroxyl groups is 1. The van der Waals surface area contributed by atoms with Crippen molar-refractivity contribution in [1.82, 2.24) is 9.80 Å². The van der Waals surface area contributed by atoms with Crippen LogP contribution in [0.4, 0.5) is 0 Å². The second-order valence-corrected chi connectivity index (χ2v) is 7.93. The third kappa shape index (κ3) is 5.43. The topological polar surface area (TPSA) is 79.3 Å². The number of carbonyl (C=O) groups is 2. The Morgan fingerprint density at radius 2 is 1.85 bits per heavy atom. The van der Waals surface area contributed by atoms with Crippen LogP contribution in [0.1, 0.15) is 24.1 Å². The number of likely N-dealkylation sites (N-methyl/N-ethyl adjacent to an activating group) is 1. The molecule has 1 aliphatic rings. The smallest absolute Gasteiger partial charge is 0.295 e. The van der Waals surface area contributed by atoms with E-state index in [9.17, 15) is 14.7 Å². The SMILES string of the molecule is C=CCOc1cccc(C2/C(=C(/O)c3ccc(OCC)cc3)C(=O)C(=O)N2CCN(C)C)c1. The number of hydrogen-bond donors (Lipinski definition) is 1. The van der Waals surface area contributed by atoms with Crippen LogP contribution in [0.2, 0.25) is 0 Å². The van der Waals surface area contributed by atoms with Crippen LogP contribution in [0.15, 0.2) is 66.8 Å². The van der Waals surface area contributed by atoms with E-state index in [1.807, 2.05) is 32.0 Å². The van der Waals surface area contributed by atoms with Crippen molar-refractivity contribution in [2.24, 2.45) is 0 Å². The molecule has 0 saturated carbocycles. The fourth-order valence-electron chi connectivity index (χ4n) is 3.73. The number of ketones is 1. The van der Waals surface area contributed by atoms with Crippen molar-refractivity contribution in [3.05, 3.63) is 77.9 Å². The third-order valence-corrected chi connectivity index (χ3v) is 5.31. The van der Waals surface area contributed by atoms with E-state index >= 15 is 0 Å². The average molecular weight is 451 g/mol. The molecule has 3 rings (SSSR count). The van der Waals surface area contributed by atoms with Crippen LogP contribution >= 0.6 is 0 Å². The second kappa shape index (κ2) is 10.8. The van der Waals surface area contributed by atoms with Gasteiger partial charge in [-0.05, 0) is 63.0 Å². The van der Waals surface area contributed by atoms with Crippen LogP contribution in [0.5, 0.6) is 11.5 Å². The molecule has 1 atom stereocenters. The van der Waals surface area contributed by atoms with Crippen LogP contribution in [0.3, 0.4) is 0 Å². The molecule has 2 aromatic rings. The Morgan fingerprint density at radius 3 is 2.48 bits per heavy atom. The van der Waals surface area contributed by atoms with Crippen LogP contribution in [0.25, 0.3) is 5.76 Å². The number of benzene rings is 2. The minimum absolute atomic E-state index is 0.0591. The Bertz CT molecular complexity index is 1040. The van der Waals surface area contributed by atoms with Crippen molar-refractivity contribution in [1.29, 1.82) is 0 Å². The standard InChI is InChI=1S/C26H30N2O5/c1-5-16-33-21-9-7-8-19(17-21)23-22(25(30)26(31)28(23)15-14-27(3)4)24(29)18-10-12-20(13-11-18)32-6-2/h5,7-13,17,23,29H,1,6,14-16H2,2-4H3/b24-22-. The Kier molecular flexibility index (Phi) is 7.90. The first kappa shape index (κ1) is 24.1. The molecule has 1 amide bonds. The number of likely N-dealkylation sites (tertiary alicyclic amines) is 1. The van der Waals surface area contributed by atoms with Crippen molar-refractivity contribution < 1.29 is 24.2 Å². The highest BCUT2D eigenvalue weighted by molar-refractivity contribution is 6.46. The maximum atomic E-state index is 13.1. The summed E-state index contributed by atoms with van der Waals surface area (Å²) in [7, 11) is 3.80. The molecule has 174 valence electrons. The van der Waals surface area contributed by atoms with Crippen molar-refractivity contribution in [3.63, 3.8) is 0 Å². The molecule has 0 bridgehead atoms. The van der Waals surface area contributed by atoms with Gasteiger partial charge in [0.15, 0.2) is 0 Å². The van der Waals surface area contributed by atoms with Crippen molar-refractivity contribution in [2.45, 2.75) is 13.0 Å². The molecule has 1 saturated heterocycles. The van der Waals surface area contributed by atoms with Gasteiger partial charge in [-0.15, -0.1) is 0 Å². The van der Waals surface area contributed by atoms with E-state index in [4.69, 9.17) is 9.47 Å². The molecule has 7 nitrogen and oxygen atoms in total. The van der Waals surface area contributed by atoms with Gasteiger partial charge >= 0.3 is 0 Å². The molecule has 1 heterocycles. The lowest BCUT2D eigenvalue weighted by Gasteiger charge is -2.27. The molecule has 0 spiro atoms. The van der Waals surface area contributed by atoms with E-state index in [1.54, 1.807) is 48.5 Å². The summed E-state index contributed by atoms with van der Waals surface area (Å²) in [5.41, 5.74) is 1.18. The second-order valence-electron chi connectivity index (χ2n) is 7.93. The molecule has 2 aromatic carbocycles. The zero-order chi connectivity index (χ0) is 24.0. The van der Waals surface area contributed by atoms with E-state index in [2.05, 4.69) is 6.58 Å². The number of rotatable bonds is 10. The first-order valence-electron chi connectivity index (χ1n) is 10.9. The van der Waals surface area contributed by atoms with Crippen molar-refractivity contribution in [3.8, 4) is 11.5 Å². The maximum absolute atomic E-state index is 13.1. The lowest BCUT2D eigenvalue weighted by molar-refractivity contribution is -0.140. The number of nitrogens with zero attached hydrogens (tertiary/aromatic N) is 2. The van der Waals surface area contributed by atoms with E-state index in [0.717, 1.165) is 0 Å². The van der Waals surface area contributed by atoms with Crippen LogP contribution in [0, 0.1) is 0 Å². The predicted octanol–water partition coefficient (Wildman–Crippen LogP) is 3.63. The largest absolute Gasteiger partial charge is 0.507 e. The summed E-state index contributed by atoms with van der Waals surface area (Å²) < 4.78 is 11.1. The van der Waals surface area contributed by atoms with E-state index in [1.165, 1.54) is 4.90 Å². The first-order chi connectivity index (χ1) is 15.9. The molecule has 0 aliphatic carbocycles. The molecule has 33 heavy (non-hydrogen) atoms. The molecule has 1 N–H and O–H groups in total. The molecule has 1 fully saturated rings. The number of hydrogen-bond acceptors (Lipinski definition) is 6. The van der Waals surface area contributed by atoms with Gasteiger partial charge in [-0.25, -0.2) is 0 Å².